The number of nitrogens with zero attached hydrogens (tertiary/aromatic N) is 1. The topological polar surface area (TPSA) is 111 Å². The molecule has 0 saturated heterocycles. The summed E-state index contributed by atoms with van der Waals surface area (Å²) >= 11 is 0. The molecule has 0 aromatic heterocycles. The largest absolute Gasteiger partial charge is 0.545 e. The molecule has 0 spiro atoms. The average molecular weight is 1130 g/mol. The number of aliphatic carboxylic acids is 1. The van der Waals surface area contributed by atoms with Crippen molar-refractivity contribution in [3.8, 4) is 0 Å². The normalized spacial score (nSPS) is 13.6. The van der Waals surface area contributed by atoms with Crippen LogP contribution in [0.25, 0.3) is 0 Å². The van der Waals surface area contributed by atoms with E-state index in [2.05, 4.69) is 148 Å². The quantitative estimate of drug-likeness (QED) is 0.0195. The van der Waals surface area contributed by atoms with Crippen LogP contribution in [0.4, 0.5) is 0 Å². The maximum atomic E-state index is 12.9. The van der Waals surface area contributed by atoms with E-state index in [0.29, 0.717) is 17.4 Å². The maximum Gasteiger partial charge on any atom is 0.306 e. The third-order valence-corrected chi connectivity index (χ3v) is 13.4. The van der Waals surface area contributed by atoms with Crippen molar-refractivity contribution in [3.63, 3.8) is 0 Å². The second-order valence-corrected chi connectivity index (χ2v) is 22.3. The molecule has 0 amide bonds. The predicted octanol–water partition coefficient (Wildman–Crippen LogP) is 18.5. The SMILES string of the molecule is CC/C=C\C/C=C\C/C=C\C/C=C\C/C=C\C/C=C\C/C=C\C/C=C\CCCCCCCCCCC(=O)OC(COC(=O)CCCCCCCCCC/C=C\C/C=C\C/C=C\CCCCCCC)COC(OCC[N+](C)(C)C)C(=O)[O-]. The summed E-state index contributed by atoms with van der Waals surface area (Å²) in [6.45, 7) is 4.60. The summed E-state index contributed by atoms with van der Waals surface area (Å²) < 4.78 is 22.7. The standard InChI is InChI=1S/C72H119NO8/c1-6-8-10-12-14-16-18-20-22-24-26-28-30-31-32-33-34-35-36-37-38-39-41-43-45-47-49-51-53-55-57-59-61-63-70(75)81-68(67-80-72(71(76)77)78-65-64-73(3,4)5)66-79-69(74)62-60-58-56-54-52-50-48-46-44-42-40-29-27-25-23-21-19-17-15-13-11-9-7-2/h8,10,14,16,19-22,25-28,31-32,34-35,37-38,40-43,68,72H,6-7,9,11-13,15,17-18,23-24,29-30,33,36,39,44-67H2,1-5H3/b10-8-,16-14-,21-19-,22-20-,27-25-,28-26-,32-31-,35-34-,38-37-,42-40-,43-41-. The zero-order valence-corrected chi connectivity index (χ0v) is 52.4. The van der Waals surface area contributed by atoms with E-state index < -0.39 is 24.3 Å². The minimum Gasteiger partial charge on any atom is -0.545 e. The van der Waals surface area contributed by atoms with Crippen molar-refractivity contribution in [1.82, 2.24) is 0 Å². The molecule has 0 radical (unpaired) electrons. The van der Waals surface area contributed by atoms with Crippen molar-refractivity contribution in [2.75, 3.05) is 47.5 Å². The van der Waals surface area contributed by atoms with Gasteiger partial charge in [0.25, 0.3) is 0 Å². The molecule has 81 heavy (non-hydrogen) atoms. The van der Waals surface area contributed by atoms with Crippen molar-refractivity contribution in [3.05, 3.63) is 134 Å². The summed E-state index contributed by atoms with van der Waals surface area (Å²) in [5.74, 6) is -2.31. The lowest BCUT2D eigenvalue weighted by molar-refractivity contribution is -0.870. The molecule has 0 N–H and O–H groups in total. The van der Waals surface area contributed by atoms with Crippen LogP contribution in [-0.2, 0) is 33.3 Å². The van der Waals surface area contributed by atoms with Crippen LogP contribution in [0.1, 0.15) is 245 Å². The first kappa shape index (κ1) is 76.4. The van der Waals surface area contributed by atoms with Crippen LogP contribution in [0, 0.1) is 0 Å². The first-order valence-corrected chi connectivity index (χ1v) is 32.3. The third kappa shape index (κ3) is 62.9. The lowest BCUT2D eigenvalue weighted by Gasteiger charge is -2.26. The number of hydrogen-bond acceptors (Lipinski definition) is 8. The Kier molecular flexibility index (Phi) is 58.0. The number of ether oxygens (including phenoxy) is 4. The van der Waals surface area contributed by atoms with Crippen molar-refractivity contribution in [2.24, 2.45) is 0 Å². The van der Waals surface area contributed by atoms with Crippen molar-refractivity contribution >= 4 is 17.9 Å². The second kappa shape index (κ2) is 61.5. The van der Waals surface area contributed by atoms with Gasteiger partial charge in [0.1, 0.15) is 13.2 Å². The molecular weight excluding hydrogens is 1010 g/mol. The number of rotatable bonds is 58. The van der Waals surface area contributed by atoms with E-state index in [-0.39, 0.29) is 38.6 Å². The van der Waals surface area contributed by atoms with Gasteiger partial charge in [0, 0.05) is 12.8 Å². The molecule has 0 fully saturated rings. The van der Waals surface area contributed by atoms with Crippen molar-refractivity contribution in [1.29, 1.82) is 0 Å². The fraction of sp³-hybridized carbons (Fsp3) is 0.653. The van der Waals surface area contributed by atoms with Crippen LogP contribution in [0.5, 0.6) is 0 Å². The summed E-state index contributed by atoms with van der Waals surface area (Å²) in [5, 5.41) is 11.8. The molecule has 0 heterocycles. The molecule has 0 aromatic carbocycles. The van der Waals surface area contributed by atoms with Crippen LogP contribution < -0.4 is 5.11 Å². The second-order valence-electron chi connectivity index (χ2n) is 22.3. The number of carbonyl (C=O) groups is 3. The molecule has 0 aliphatic rings. The van der Waals surface area contributed by atoms with Crippen LogP contribution in [0.15, 0.2) is 134 Å². The van der Waals surface area contributed by atoms with Crippen LogP contribution in [0.2, 0.25) is 0 Å². The van der Waals surface area contributed by atoms with E-state index in [1.165, 1.54) is 89.9 Å². The molecule has 0 rings (SSSR count). The van der Waals surface area contributed by atoms with Crippen LogP contribution in [0.3, 0.4) is 0 Å². The number of carbonyl (C=O) groups excluding carboxylic acids is 3. The molecule has 9 nitrogen and oxygen atoms in total. The molecule has 0 saturated carbocycles. The lowest BCUT2D eigenvalue weighted by atomic mass is 10.1. The summed E-state index contributed by atoms with van der Waals surface area (Å²) in [7, 11) is 5.91. The van der Waals surface area contributed by atoms with Gasteiger partial charge in [-0.25, -0.2) is 0 Å². The summed E-state index contributed by atoms with van der Waals surface area (Å²) in [5.41, 5.74) is 0. The highest BCUT2D eigenvalue weighted by molar-refractivity contribution is 5.70. The molecule has 0 aliphatic carbocycles. The highest BCUT2D eigenvalue weighted by Gasteiger charge is 2.22. The van der Waals surface area contributed by atoms with E-state index in [1.54, 1.807) is 0 Å². The van der Waals surface area contributed by atoms with Crippen molar-refractivity contribution in [2.45, 2.75) is 257 Å². The Bertz CT molecular complexity index is 1790. The predicted molar refractivity (Wildman–Crippen MR) is 343 cm³/mol. The Morgan fingerprint density at radius 2 is 0.704 bits per heavy atom. The smallest absolute Gasteiger partial charge is 0.306 e. The fourth-order valence-corrected chi connectivity index (χ4v) is 8.44. The molecule has 0 aliphatic heterocycles. The van der Waals surface area contributed by atoms with Gasteiger partial charge < -0.3 is 33.3 Å². The summed E-state index contributed by atoms with van der Waals surface area (Å²) in [6.07, 6.45) is 85.0. The number of likely N-dealkylation sites (N-methyl/N-ethyl adjacent to an activating group) is 1. The fourth-order valence-electron chi connectivity index (χ4n) is 8.44. The van der Waals surface area contributed by atoms with E-state index in [0.717, 1.165) is 122 Å². The lowest BCUT2D eigenvalue weighted by Crippen LogP contribution is -2.44. The summed E-state index contributed by atoms with van der Waals surface area (Å²) in [4.78, 5) is 37.4. The van der Waals surface area contributed by atoms with Gasteiger partial charge in [-0.2, -0.15) is 0 Å². The zero-order valence-electron chi connectivity index (χ0n) is 52.4. The first-order chi connectivity index (χ1) is 39.6. The van der Waals surface area contributed by atoms with Gasteiger partial charge in [-0.15, -0.1) is 0 Å². The van der Waals surface area contributed by atoms with Gasteiger partial charge >= 0.3 is 11.9 Å². The zero-order chi connectivity index (χ0) is 59.1. The van der Waals surface area contributed by atoms with E-state index in [1.807, 2.05) is 21.1 Å². The van der Waals surface area contributed by atoms with Gasteiger partial charge in [0.15, 0.2) is 12.4 Å². The van der Waals surface area contributed by atoms with Gasteiger partial charge in [-0.05, 0) is 116 Å². The Morgan fingerprint density at radius 1 is 0.383 bits per heavy atom. The Balaban J connectivity index is 4.26. The highest BCUT2D eigenvalue weighted by Crippen LogP contribution is 2.15. The van der Waals surface area contributed by atoms with Gasteiger partial charge in [-0.1, -0.05) is 250 Å². The van der Waals surface area contributed by atoms with Crippen LogP contribution >= 0.6 is 0 Å². The van der Waals surface area contributed by atoms with Gasteiger partial charge in [0.2, 0.25) is 0 Å². The minimum atomic E-state index is -1.63. The Hall–Kier alpha value is -4.57. The minimum absolute atomic E-state index is 0.137. The number of carboxylic acid groups (broad SMARTS) is 1. The maximum absolute atomic E-state index is 12.9. The van der Waals surface area contributed by atoms with Crippen LogP contribution in [-0.4, -0.2) is 82.3 Å². The summed E-state index contributed by atoms with van der Waals surface area (Å²) in [6, 6.07) is 0. The molecular formula is C72H119NO8. The monoisotopic (exact) mass is 1130 g/mol. The Morgan fingerprint density at radius 3 is 1.05 bits per heavy atom. The molecule has 0 bridgehead atoms. The number of quaternary nitrogens is 1. The number of allylic oxidation sites excluding steroid dienone is 22. The number of unbranched alkanes of at least 4 members (excludes halogenated alkanes) is 21. The molecule has 460 valence electrons. The van der Waals surface area contributed by atoms with Gasteiger partial charge in [-0.3, -0.25) is 9.59 Å². The third-order valence-electron chi connectivity index (χ3n) is 13.4. The number of carboxylic acids is 1. The average Bonchev–Trinajstić information content (AvgIpc) is 3.44. The van der Waals surface area contributed by atoms with E-state index >= 15 is 0 Å². The molecule has 9 heteroatoms. The highest BCUT2D eigenvalue weighted by atomic mass is 16.7. The van der Waals surface area contributed by atoms with E-state index in [9.17, 15) is 19.5 Å². The number of esters is 2. The molecule has 0 aromatic rings. The molecule has 2 unspecified atom stereocenters. The number of hydrogen-bond donors (Lipinski definition) is 0. The van der Waals surface area contributed by atoms with Crippen molar-refractivity contribution < 1.29 is 42.9 Å². The first-order valence-electron chi connectivity index (χ1n) is 32.3. The van der Waals surface area contributed by atoms with E-state index in [4.69, 9.17) is 18.9 Å². The Labute approximate surface area is 497 Å². The van der Waals surface area contributed by atoms with Gasteiger partial charge in [0.05, 0.1) is 40.3 Å². The molecule has 2 atom stereocenters.